The second-order valence-electron chi connectivity index (χ2n) is 10.7. The van der Waals surface area contributed by atoms with Crippen LogP contribution in [-0.2, 0) is 10.0 Å². The van der Waals surface area contributed by atoms with Crippen molar-refractivity contribution in [1.82, 2.24) is 9.80 Å². The molecule has 0 aromatic heterocycles. The fraction of sp³-hybridized carbons (Fsp3) is 0.333. The largest absolute Gasteiger partial charge is 0.485 e. The average molecular weight is 645 g/mol. The maximum absolute atomic E-state index is 13.7. The molecule has 0 bridgehead atoms. The number of carbonyl (C=O) groups is 2. The number of halogens is 1. The Morgan fingerprint density at radius 3 is 2.59 bits per heavy atom. The number of carbonyl (C=O) groups excluding carboxylic acids is 2. The topological polar surface area (TPSA) is 147 Å². The Bertz CT molecular complexity index is 1650. The highest BCUT2D eigenvalue weighted by Crippen LogP contribution is 2.37. The molecule has 2 heterocycles. The first-order valence-electron chi connectivity index (χ1n) is 13.9. The van der Waals surface area contributed by atoms with Crippen LogP contribution in [0.25, 0.3) is 0 Å². The van der Waals surface area contributed by atoms with Crippen LogP contribution in [0.1, 0.15) is 24.2 Å². The second kappa shape index (κ2) is 12.8. The summed E-state index contributed by atoms with van der Waals surface area (Å²) in [5.41, 5.74) is 0.676. The van der Waals surface area contributed by atoms with E-state index in [1.165, 1.54) is 46.2 Å². The number of benzene rings is 3. The van der Waals surface area contributed by atoms with Gasteiger partial charge in [-0.15, -0.1) is 0 Å². The minimum Gasteiger partial charge on any atom is -0.485 e. The third kappa shape index (κ3) is 6.64. The van der Waals surface area contributed by atoms with Crippen LogP contribution < -0.4 is 24.2 Å². The number of amides is 3. The fourth-order valence-corrected chi connectivity index (χ4v) is 6.09. The van der Waals surface area contributed by atoms with Gasteiger partial charge in [0.05, 0.1) is 35.3 Å². The summed E-state index contributed by atoms with van der Waals surface area (Å²) in [5.74, 6) is 0.378. The van der Waals surface area contributed by atoms with Gasteiger partial charge in [0.1, 0.15) is 6.10 Å². The maximum atomic E-state index is 13.7. The highest BCUT2D eigenvalue weighted by Gasteiger charge is 2.35. The number of nitrogens with zero attached hydrogens (tertiary/aromatic N) is 2. The molecule has 2 aliphatic heterocycles. The number of hydrogen-bond acceptors (Lipinski definition) is 8. The molecule has 14 heteroatoms. The predicted octanol–water partition coefficient (Wildman–Crippen LogP) is 4.25. The number of urea groups is 1. The summed E-state index contributed by atoms with van der Waals surface area (Å²) in [7, 11) is -2.49. The molecule has 0 radical (unpaired) electrons. The lowest BCUT2D eigenvalue weighted by Crippen LogP contribution is -2.50. The Kier molecular flexibility index (Phi) is 9.09. The van der Waals surface area contributed by atoms with Crippen LogP contribution in [0, 0.1) is 5.92 Å². The first-order valence-corrected chi connectivity index (χ1v) is 15.7. The predicted molar refractivity (Wildman–Crippen MR) is 164 cm³/mol. The molecule has 3 aromatic carbocycles. The third-order valence-corrected chi connectivity index (χ3v) is 9.12. The van der Waals surface area contributed by atoms with Gasteiger partial charge in [-0.05, 0) is 55.5 Å². The summed E-state index contributed by atoms with van der Waals surface area (Å²) in [6, 6.07) is 14.4. The van der Waals surface area contributed by atoms with E-state index in [1.807, 2.05) is 6.92 Å². The van der Waals surface area contributed by atoms with Crippen molar-refractivity contribution in [2.24, 2.45) is 5.92 Å². The molecule has 0 aliphatic carbocycles. The van der Waals surface area contributed by atoms with Crippen LogP contribution in [-0.4, -0.2) is 80.9 Å². The Morgan fingerprint density at radius 2 is 1.86 bits per heavy atom. The zero-order chi connectivity index (χ0) is 31.6. The zero-order valence-electron chi connectivity index (χ0n) is 24.3. The van der Waals surface area contributed by atoms with Gasteiger partial charge in [0.25, 0.3) is 15.9 Å². The van der Waals surface area contributed by atoms with Crippen molar-refractivity contribution in [2.75, 3.05) is 43.6 Å². The minimum absolute atomic E-state index is 0.0197. The molecule has 234 valence electrons. The second-order valence-corrected chi connectivity index (χ2v) is 12.9. The van der Waals surface area contributed by atoms with E-state index >= 15 is 0 Å². The number of nitrogens with one attached hydrogen (secondary N) is 2. The number of hydrogen-bond donors (Lipinski definition) is 3. The molecule has 3 aromatic rings. The van der Waals surface area contributed by atoms with E-state index < -0.39 is 34.1 Å². The van der Waals surface area contributed by atoms with Crippen LogP contribution in [0.4, 0.5) is 16.2 Å². The van der Waals surface area contributed by atoms with Crippen molar-refractivity contribution in [1.29, 1.82) is 0 Å². The summed E-state index contributed by atoms with van der Waals surface area (Å²) in [4.78, 5) is 29.9. The number of ether oxygens (including phenoxy) is 3. The molecule has 3 amide bonds. The molecule has 0 unspecified atom stereocenters. The Morgan fingerprint density at radius 1 is 1.14 bits per heavy atom. The minimum atomic E-state index is -4.09. The van der Waals surface area contributed by atoms with E-state index in [-0.39, 0.29) is 54.3 Å². The molecule has 3 atom stereocenters. The van der Waals surface area contributed by atoms with Gasteiger partial charge in [0, 0.05) is 36.3 Å². The number of fused-ring (bicyclic) bond motifs is 2. The molecule has 2 aliphatic rings. The van der Waals surface area contributed by atoms with Gasteiger partial charge < -0.3 is 34.4 Å². The Balaban J connectivity index is 1.44. The molecular formula is C30H33ClN4O8S. The number of anilines is 2. The van der Waals surface area contributed by atoms with Crippen LogP contribution in [0.5, 0.6) is 17.2 Å². The van der Waals surface area contributed by atoms with Crippen molar-refractivity contribution in [3.63, 3.8) is 0 Å². The lowest BCUT2D eigenvalue weighted by Gasteiger charge is -2.38. The highest BCUT2D eigenvalue weighted by molar-refractivity contribution is 7.92. The van der Waals surface area contributed by atoms with Gasteiger partial charge in [-0.25, -0.2) is 13.2 Å². The number of aliphatic hydroxyl groups is 1. The molecule has 3 N–H and O–H groups in total. The van der Waals surface area contributed by atoms with Crippen molar-refractivity contribution < 1.29 is 37.3 Å². The first kappa shape index (κ1) is 31.2. The van der Waals surface area contributed by atoms with Crippen molar-refractivity contribution >= 4 is 44.9 Å². The Hall–Kier alpha value is -4.20. The number of para-hydroxylation sites is 1. The maximum Gasteiger partial charge on any atom is 0.321 e. The van der Waals surface area contributed by atoms with Gasteiger partial charge in [-0.2, -0.15) is 0 Å². The summed E-state index contributed by atoms with van der Waals surface area (Å²) in [5, 5.41) is 13.1. The first-order chi connectivity index (χ1) is 21.0. The number of likely N-dealkylation sites (N-methyl/N-ethyl adjacent to an activating group) is 1. The van der Waals surface area contributed by atoms with E-state index in [1.54, 1.807) is 38.2 Å². The SMILES string of the molecule is C[C@@H]1CN([C@H](C)CO)C(=O)c2cccc(NS(=O)(=O)c3ccc(Cl)cc3)c2O[C@H]1CN(C)C(=O)Nc1ccc2c(c1)OCO2. The summed E-state index contributed by atoms with van der Waals surface area (Å²) in [6.45, 7) is 3.73. The van der Waals surface area contributed by atoms with Gasteiger partial charge in [0.2, 0.25) is 6.79 Å². The zero-order valence-corrected chi connectivity index (χ0v) is 25.9. The van der Waals surface area contributed by atoms with E-state index in [2.05, 4.69) is 10.0 Å². The van der Waals surface area contributed by atoms with Crippen molar-refractivity contribution in [3.8, 4) is 17.2 Å². The van der Waals surface area contributed by atoms with E-state index in [9.17, 15) is 23.1 Å². The van der Waals surface area contributed by atoms with Crippen LogP contribution in [0.3, 0.4) is 0 Å². The van der Waals surface area contributed by atoms with Gasteiger partial charge in [-0.3, -0.25) is 9.52 Å². The molecule has 44 heavy (non-hydrogen) atoms. The molecular weight excluding hydrogens is 612 g/mol. The number of rotatable bonds is 8. The number of sulfonamides is 1. The fourth-order valence-electron chi connectivity index (χ4n) is 4.91. The van der Waals surface area contributed by atoms with Gasteiger partial charge in [-0.1, -0.05) is 24.6 Å². The highest BCUT2D eigenvalue weighted by atomic mass is 35.5. The standard InChI is InChI=1S/C30H33ClN4O8S/c1-18-14-35(19(2)16-36)29(37)23-5-4-6-24(33-44(39,40)22-10-7-20(31)8-11-22)28(23)43-27(18)15-34(3)30(38)32-21-9-12-25-26(13-21)42-17-41-25/h4-13,18-19,27,33,36H,14-17H2,1-3H3,(H,32,38)/t18-,19-,27+/m1/s1. The molecule has 0 fully saturated rings. The molecule has 0 saturated heterocycles. The molecule has 0 spiro atoms. The summed E-state index contributed by atoms with van der Waals surface area (Å²) in [6.07, 6.45) is -0.677. The van der Waals surface area contributed by atoms with Crippen molar-refractivity contribution in [2.45, 2.75) is 30.9 Å². The summed E-state index contributed by atoms with van der Waals surface area (Å²) < 4.78 is 46.3. The molecule has 12 nitrogen and oxygen atoms in total. The van der Waals surface area contributed by atoms with Crippen LogP contribution in [0.15, 0.2) is 65.6 Å². The smallest absolute Gasteiger partial charge is 0.321 e. The normalized spacial score (nSPS) is 18.4. The monoisotopic (exact) mass is 644 g/mol. The lowest BCUT2D eigenvalue weighted by molar-refractivity contribution is 0.0373. The van der Waals surface area contributed by atoms with Gasteiger partial charge >= 0.3 is 6.03 Å². The quantitative estimate of drug-likeness (QED) is 0.330. The van der Waals surface area contributed by atoms with E-state index in [0.717, 1.165) is 0 Å². The molecule has 0 saturated carbocycles. The van der Waals surface area contributed by atoms with Crippen LogP contribution in [0.2, 0.25) is 5.02 Å². The average Bonchev–Trinajstić information content (AvgIpc) is 3.47. The lowest BCUT2D eigenvalue weighted by atomic mass is 9.99. The summed E-state index contributed by atoms with van der Waals surface area (Å²) >= 11 is 5.94. The van der Waals surface area contributed by atoms with E-state index in [0.29, 0.717) is 22.2 Å². The van der Waals surface area contributed by atoms with Gasteiger partial charge in [0.15, 0.2) is 17.2 Å². The third-order valence-electron chi connectivity index (χ3n) is 7.48. The van der Waals surface area contributed by atoms with Crippen molar-refractivity contribution in [3.05, 3.63) is 71.2 Å². The Labute approximate surface area is 260 Å². The van der Waals surface area contributed by atoms with Crippen LogP contribution >= 0.6 is 11.6 Å². The van der Waals surface area contributed by atoms with E-state index in [4.69, 9.17) is 25.8 Å². The number of aliphatic hydroxyl groups excluding tert-OH is 1. The molecule has 5 rings (SSSR count).